The Bertz CT molecular complexity index is 149. The first-order chi connectivity index (χ1) is 5.16. The highest BCUT2D eigenvalue weighted by Gasteiger charge is 1.91. The Morgan fingerprint density at radius 2 is 2.00 bits per heavy atom. The molecule has 64 valence electrons. The molecule has 0 aromatic heterocycles. The molecule has 0 saturated carbocycles. The maximum Gasteiger partial charge on any atom is 0.312 e. The Balaban J connectivity index is 3.14. The second-order valence-corrected chi connectivity index (χ2v) is 2.21. The smallest absolute Gasteiger partial charge is 0.312 e. The van der Waals surface area contributed by atoms with E-state index in [1.807, 2.05) is 0 Å². The van der Waals surface area contributed by atoms with Crippen LogP contribution in [0.3, 0.4) is 0 Å². The molecule has 0 saturated heterocycles. The molecule has 5 nitrogen and oxygen atoms in total. The van der Waals surface area contributed by atoms with Crippen molar-refractivity contribution in [2.24, 2.45) is 5.73 Å². The van der Waals surface area contributed by atoms with Gasteiger partial charge < -0.3 is 21.7 Å². The average Bonchev–Trinajstić information content (AvgIpc) is 1.97. The molecule has 0 unspecified atom stereocenters. The summed E-state index contributed by atoms with van der Waals surface area (Å²) in [5.74, 6) is 0. The zero-order chi connectivity index (χ0) is 8.69. The number of carbonyl (C=O) groups excluding carboxylic acids is 1. The van der Waals surface area contributed by atoms with Crippen LogP contribution in [0.5, 0.6) is 0 Å². The molecule has 0 heterocycles. The standard InChI is InChI=1S/C5H12N4OS/c1-7-5(11)9-3-2-8-4(6)10/h2-3H2,1H3,(H3,6,8,10)(H2,7,9,11). The van der Waals surface area contributed by atoms with Crippen molar-refractivity contribution in [3.8, 4) is 0 Å². The first-order valence-corrected chi connectivity index (χ1v) is 3.56. The first-order valence-electron chi connectivity index (χ1n) is 3.15. The lowest BCUT2D eigenvalue weighted by Gasteiger charge is -2.06. The Morgan fingerprint density at radius 1 is 1.45 bits per heavy atom. The number of rotatable bonds is 3. The predicted octanol–water partition coefficient (Wildman–Crippen LogP) is -1.25. The van der Waals surface area contributed by atoms with Crippen LogP contribution in [0.15, 0.2) is 0 Å². The predicted molar refractivity (Wildman–Crippen MR) is 47.2 cm³/mol. The Labute approximate surface area is 70.7 Å². The Kier molecular flexibility index (Phi) is 5.18. The highest BCUT2D eigenvalue weighted by atomic mass is 32.1. The minimum absolute atomic E-state index is 0.469. The van der Waals surface area contributed by atoms with Gasteiger partial charge in [0.25, 0.3) is 0 Å². The van der Waals surface area contributed by atoms with Crippen molar-refractivity contribution in [2.75, 3.05) is 20.1 Å². The van der Waals surface area contributed by atoms with Gasteiger partial charge >= 0.3 is 6.03 Å². The fraction of sp³-hybridized carbons (Fsp3) is 0.600. The quantitative estimate of drug-likeness (QED) is 0.320. The molecular formula is C5H12N4OS. The number of nitrogens with two attached hydrogens (primary N) is 1. The topological polar surface area (TPSA) is 79.2 Å². The second-order valence-electron chi connectivity index (χ2n) is 1.80. The van der Waals surface area contributed by atoms with E-state index < -0.39 is 6.03 Å². The Morgan fingerprint density at radius 3 is 2.45 bits per heavy atom. The third kappa shape index (κ3) is 6.85. The molecule has 0 aromatic carbocycles. The highest BCUT2D eigenvalue weighted by molar-refractivity contribution is 7.80. The largest absolute Gasteiger partial charge is 0.366 e. The number of hydrogen-bond donors (Lipinski definition) is 4. The van der Waals surface area contributed by atoms with Gasteiger partial charge in [0, 0.05) is 20.1 Å². The highest BCUT2D eigenvalue weighted by Crippen LogP contribution is 1.62. The number of amides is 2. The average molecular weight is 176 g/mol. The summed E-state index contributed by atoms with van der Waals surface area (Å²) in [6.07, 6.45) is 0. The van der Waals surface area contributed by atoms with Crippen molar-refractivity contribution in [2.45, 2.75) is 0 Å². The summed E-state index contributed by atoms with van der Waals surface area (Å²) in [4.78, 5) is 10.1. The summed E-state index contributed by atoms with van der Waals surface area (Å²) in [6, 6.07) is -0.526. The van der Waals surface area contributed by atoms with Gasteiger partial charge in [0.1, 0.15) is 0 Å². The van der Waals surface area contributed by atoms with Crippen molar-refractivity contribution in [1.29, 1.82) is 0 Å². The number of urea groups is 1. The van der Waals surface area contributed by atoms with Gasteiger partial charge in [-0.05, 0) is 12.2 Å². The third-order valence-corrected chi connectivity index (χ3v) is 1.29. The lowest BCUT2D eigenvalue weighted by atomic mass is 10.6. The molecule has 0 aliphatic heterocycles. The van der Waals surface area contributed by atoms with Crippen LogP contribution in [0.4, 0.5) is 4.79 Å². The van der Waals surface area contributed by atoms with Crippen molar-refractivity contribution in [3.05, 3.63) is 0 Å². The molecule has 6 heteroatoms. The summed E-state index contributed by atoms with van der Waals surface area (Å²) in [5, 5.41) is 8.53. The molecule has 0 radical (unpaired) electrons. The van der Waals surface area contributed by atoms with Crippen LogP contribution < -0.4 is 21.7 Å². The second kappa shape index (κ2) is 5.72. The van der Waals surface area contributed by atoms with E-state index in [-0.39, 0.29) is 0 Å². The minimum Gasteiger partial charge on any atom is -0.366 e. The number of thiocarbonyl (C=S) groups is 1. The van der Waals surface area contributed by atoms with Crippen LogP contribution in [-0.2, 0) is 0 Å². The maximum atomic E-state index is 10.1. The van der Waals surface area contributed by atoms with Crippen LogP contribution in [0.25, 0.3) is 0 Å². The monoisotopic (exact) mass is 176 g/mol. The van der Waals surface area contributed by atoms with Crippen molar-refractivity contribution in [3.63, 3.8) is 0 Å². The van der Waals surface area contributed by atoms with Gasteiger partial charge in [-0.1, -0.05) is 0 Å². The summed E-state index contributed by atoms with van der Waals surface area (Å²) in [6.45, 7) is 1.04. The summed E-state index contributed by atoms with van der Waals surface area (Å²) in [7, 11) is 1.72. The van der Waals surface area contributed by atoms with Crippen LogP contribution in [-0.4, -0.2) is 31.3 Å². The van der Waals surface area contributed by atoms with E-state index in [1.54, 1.807) is 7.05 Å². The van der Waals surface area contributed by atoms with E-state index in [1.165, 1.54) is 0 Å². The van der Waals surface area contributed by atoms with E-state index >= 15 is 0 Å². The number of nitrogens with one attached hydrogen (secondary N) is 3. The molecule has 0 fully saturated rings. The SMILES string of the molecule is CNC(=S)NCCNC(N)=O. The van der Waals surface area contributed by atoms with Crippen LogP contribution in [0.2, 0.25) is 0 Å². The van der Waals surface area contributed by atoms with E-state index in [2.05, 4.69) is 16.0 Å². The van der Waals surface area contributed by atoms with Gasteiger partial charge in [-0.15, -0.1) is 0 Å². The van der Waals surface area contributed by atoms with Gasteiger partial charge in [0.05, 0.1) is 0 Å². The molecule has 5 N–H and O–H groups in total. The van der Waals surface area contributed by atoms with Gasteiger partial charge in [-0.2, -0.15) is 0 Å². The van der Waals surface area contributed by atoms with E-state index in [0.717, 1.165) is 0 Å². The normalized spacial score (nSPS) is 8.45. The summed E-state index contributed by atoms with van der Waals surface area (Å²) >= 11 is 4.77. The molecule has 0 bridgehead atoms. The molecular weight excluding hydrogens is 164 g/mol. The number of carbonyl (C=O) groups is 1. The van der Waals surface area contributed by atoms with Crippen molar-refractivity contribution < 1.29 is 4.79 Å². The maximum absolute atomic E-state index is 10.1. The zero-order valence-corrected chi connectivity index (χ0v) is 7.12. The molecule has 0 spiro atoms. The van der Waals surface area contributed by atoms with Gasteiger partial charge in [-0.3, -0.25) is 0 Å². The number of hydrogen-bond acceptors (Lipinski definition) is 2. The third-order valence-electron chi connectivity index (χ3n) is 0.937. The molecule has 0 atom stereocenters. The molecule has 11 heavy (non-hydrogen) atoms. The molecule has 0 aliphatic rings. The zero-order valence-electron chi connectivity index (χ0n) is 6.31. The van der Waals surface area contributed by atoms with Gasteiger partial charge in [0.2, 0.25) is 0 Å². The van der Waals surface area contributed by atoms with Gasteiger partial charge in [-0.25, -0.2) is 4.79 Å². The van der Waals surface area contributed by atoms with Crippen LogP contribution in [0.1, 0.15) is 0 Å². The fourth-order valence-electron chi connectivity index (χ4n) is 0.450. The first kappa shape index (κ1) is 9.96. The fourth-order valence-corrected chi connectivity index (χ4v) is 0.552. The molecule has 0 aromatic rings. The van der Waals surface area contributed by atoms with Crippen molar-refractivity contribution in [1.82, 2.24) is 16.0 Å². The summed E-state index contributed by atoms with van der Waals surface area (Å²) in [5.41, 5.74) is 4.82. The van der Waals surface area contributed by atoms with E-state index in [4.69, 9.17) is 18.0 Å². The lowest BCUT2D eigenvalue weighted by Crippen LogP contribution is -2.40. The molecule has 2 amide bonds. The van der Waals surface area contributed by atoms with Crippen molar-refractivity contribution >= 4 is 23.4 Å². The van der Waals surface area contributed by atoms with Crippen LogP contribution in [0, 0.1) is 0 Å². The number of primary amides is 1. The van der Waals surface area contributed by atoms with Gasteiger partial charge in [0.15, 0.2) is 5.11 Å². The summed E-state index contributed by atoms with van der Waals surface area (Å²) < 4.78 is 0. The van der Waals surface area contributed by atoms with E-state index in [0.29, 0.717) is 18.2 Å². The minimum atomic E-state index is -0.526. The Hall–Kier alpha value is -1.04. The molecule has 0 rings (SSSR count). The van der Waals surface area contributed by atoms with E-state index in [9.17, 15) is 4.79 Å². The molecule has 0 aliphatic carbocycles. The van der Waals surface area contributed by atoms with Crippen LogP contribution >= 0.6 is 12.2 Å². The lowest BCUT2D eigenvalue weighted by molar-refractivity contribution is 0.249.